The summed E-state index contributed by atoms with van der Waals surface area (Å²) in [6.45, 7) is 5.30. The van der Waals surface area contributed by atoms with Crippen LogP contribution < -0.4 is 0 Å². The van der Waals surface area contributed by atoms with E-state index in [4.69, 9.17) is 0 Å². The maximum absolute atomic E-state index is 10.9. The third-order valence-electron chi connectivity index (χ3n) is 1.52. The molecule has 0 spiro atoms. The highest BCUT2D eigenvalue weighted by Crippen LogP contribution is 2.06. The number of Topliss-reactive ketones (excluding diaryl/α,β-unsaturated/α-hetero) is 1. The van der Waals surface area contributed by atoms with Crippen molar-refractivity contribution in [1.82, 2.24) is 4.98 Å². The summed E-state index contributed by atoms with van der Waals surface area (Å²) in [6, 6.07) is 1.88. The molecule has 1 aromatic rings. The van der Waals surface area contributed by atoms with E-state index in [1.165, 1.54) is 6.92 Å². The molecule has 0 bridgehead atoms. The number of ketones is 1. The third-order valence-corrected chi connectivity index (χ3v) is 1.52. The Hall–Kier alpha value is -1.18. The van der Waals surface area contributed by atoms with Crippen LogP contribution in [0.5, 0.6) is 0 Å². The van der Waals surface area contributed by atoms with Gasteiger partial charge in [-0.25, -0.2) is 0 Å². The molecule has 0 amide bonds. The van der Waals surface area contributed by atoms with Crippen LogP contribution in [-0.4, -0.2) is 10.8 Å². The Labute approximate surface area is 66.3 Å². The topological polar surface area (TPSA) is 30.0 Å². The van der Waals surface area contributed by atoms with Gasteiger partial charge in [-0.15, -0.1) is 0 Å². The summed E-state index contributed by atoms with van der Waals surface area (Å²) in [6.07, 6.45) is 2.70. The zero-order valence-corrected chi connectivity index (χ0v) is 6.93. The van der Waals surface area contributed by atoms with Crippen molar-refractivity contribution in [2.75, 3.05) is 0 Å². The molecule has 0 N–H and O–H groups in total. The lowest BCUT2D eigenvalue weighted by Crippen LogP contribution is -1.98. The molecule has 0 aliphatic rings. The molecule has 0 aliphatic carbocycles. The Morgan fingerprint density at radius 3 is 2.64 bits per heavy atom. The van der Waals surface area contributed by atoms with E-state index < -0.39 is 0 Å². The zero-order valence-electron chi connectivity index (χ0n) is 6.93. The molecule has 11 heavy (non-hydrogen) atoms. The minimum atomic E-state index is 0.0231. The summed E-state index contributed by atoms with van der Waals surface area (Å²) in [7, 11) is 0. The van der Waals surface area contributed by atoms with Crippen LogP contribution >= 0.6 is 0 Å². The van der Waals surface area contributed by atoms with Crippen LogP contribution in [0, 0.1) is 20.0 Å². The number of carbonyl (C=O) groups is 1. The molecule has 0 fully saturated rings. The van der Waals surface area contributed by atoms with Gasteiger partial charge in [0.05, 0.1) is 0 Å². The van der Waals surface area contributed by atoms with E-state index in [1.807, 2.05) is 19.9 Å². The third kappa shape index (κ3) is 1.64. The Kier molecular flexibility index (Phi) is 2.03. The van der Waals surface area contributed by atoms with E-state index >= 15 is 0 Å². The van der Waals surface area contributed by atoms with Gasteiger partial charge in [0.1, 0.15) is 6.20 Å². The lowest BCUT2D eigenvalue weighted by Gasteiger charge is -1.99. The monoisotopic (exact) mass is 148 g/mol. The Bertz CT molecular complexity index is 292. The molecular weight excluding hydrogens is 138 g/mol. The Morgan fingerprint density at radius 2 is 2.18 bits per heavy atom. The largest absolute Gasteiger partial charge is 0.294 e. The van der Waals surface area contributed by atoms with Gasteiger partial charge in [-0.3, -0.25) is 9.78 Å². The SMILES string of the molecule is CC(=O)c1[c]nc(C)cc1C. The Balaban J connectivity index is 3.20. The van der Waals surface area contributed by atoms with E-state index in [-0.39, 0.29) is 5.78 Å². The van der Waals surface area contributed by atoms with Crippen molar-refractivity contribution in [2.24, 2.45) is 0 Å². The van der Waals surface area contributed by atoms with Gasteiger partial charge >= 0.3 is 0 Å². The second-order valence-corrected chi connectivity index (χ2v) is 2.62. The first-order valence-corrected chi connectivity index (χ1v) is 3.48. The normalized spacial score (nSPS) is 9.73. The maximum atomic E-state index is 10.9. The number of hydrogen-bond donors (Lipinski definition) is 0. The van der Waals surface area contributed by atoms with Crippen molar-refractivity contribution in [1.29, 1.82) is 0 Å². The van der Waals surface area contributed by atoms with Crippen LogP contribution in [0.25, 0.3) is 0 Å². The van der Waals surface area contributed by atoms with E-state index in [0.29, 0.717) is 5.56 Å². The smallest absolute Gasteiger partial charge is 0.162 e. The predicted octanol–water partition coefficient (Wildman–Crippen LogP) is 1.70. The number of rotatable bonds is 1. The molecule has 0 aromatic carbocycles. The fraction of sp³-hybridized carbons (Fsp3) is 0.333. The molecule has 1 radical (unpaired) electrons. The van der Waals surface area contributed by atoms with Gasteiger partial charge in [-0.1, -0.05) is 0 Å². The highest BCUT2D eigenvalue weighted by atomic mass is 16.1. The molecule has 0 saturated carbocycles. The van der Waals surface area contributed by atoms with Gasteiger partial charge in [0.2, 0.25) is 0 Å². The summed E-state index contributed by atoms with van der Waals surface area (Å²) in [5.41, 5.74) is 2.44. The average molecular weight is 148 g/mol. The molecule has 0 atom stereocenters. The Morgan fingerprint density at radius 1 is 1.55 bits per heavy atom. The van der Waals surface area contributed by atoms with Crippen LogP contribution in [0.4, 0.5) is 0 Å². The number of pyridine rings is 1. The first kappa shape index (κ1) is 7.92. The molecule has 57 valence electrons. The molecular formula is C9H10NO. The summed E-state index contributed by atoms with van der Waals surface area (Å²) < 4.78 is 0. The van der Waals surface area contributed by atoms with Gasteiger partial charge in [-0.05, 0) is 32.4 Å². The van der Waals surface area contributed by atoms with Crippen LogP contribution in [0.1, 0.15) is 28.5 Å². The first-order chi connectivity index (χ1) is 5.11. The minimum absolute atomic E-state index is 0.0231. The number of nitrogens with zero attached hydrogens (tertiary/aromatic N) is 1. The fourth-order valence-corrected chi connectivity index (χ4v) is 1.01. The molecule has 1 rings (SSSR count). The highest BCUT2D eigenvalue weighted by Gasteiger charge is 2.03. The van der Waals surface area contributed by atoms with E-state index in [0.717, 1.165) is 11.3 Å². The van der Waals surface area contributed by atoms with Crippen LogP contribution in [0.15, 0.2) is 6.07 Å². The average Bonchev–Trinajstić information content (AvgIpc) is 1.85. The number of aromatic nitrogens is 1. The van der Waals surface area contributed by atoms with Gasteiger partial charge in [0, 0.05) is 11.3 Å². The van der Waals surface area contributed by atoms with Crippen molar-refractivity contribution in [3.8, 4) is 0 Å². The zero-order chi connectivity index (χ0) is 8.43. The molecule has 2 nitrogen and oxygen atoms in total. The molecule has 1 aromatic heterocycles. The van der Waals surface area contributed by atoms with E-state index in [2.05, 4.69) is 11.2 Å². The van der Waals surface area contributed by atoms with E-state index in [1.54, 1.807) is 0 Å². The predicted molar refractivity (Wildman–Crippen MR) is 42.6 cm³/mol. The lowest BCUT2D eigenvalue weighted by molar-refractivity contribution is 0.101. The van der Waals surface area contributed by atoms with Crippen molar-refractivity contribution in [3.05, 3.63) is 29.1 Å². The second-order valence-electron chi connectivity index (χ2n) is 2.62. The summed E-state index contributed by atoms with van der Waals surface area (Å²) in [4.78, 5) is 14.8. The molecule has 0 saturated heterocycles. The maximum Gasteiger partial charge on any atom is 0.162 e. The summed E-state index contributed by atoms with van der Waals surface area (Å²) >= 11 is 0. The quantitative estimate of drug-likeness (QED) is 0.567. The molecule has 0 aliphatic heterocycles. The van der Waals surface area contributed by atoms with Gasteiger partial charge in [0.15, 0.2) is 5.78 Å². The molecule has 1 heterocycles. The highest BCUT2D eigenvalue weighted by molar-refractivity contribution is 5.94. The second kappa shape index (κ2) is 2.82. The van der Waals surface area contributed by atoms with Crippen LogP contribution in [0.3, 0.4) is 0 Å². The fourth-order valence-electron chi connectivity index (χ4n) is 1.01. The number of hydrogen-bond acceptors (Lipinski definition) is 2. The van der Waals surface area contributed by atoms with Gasteiger partial charge < -0.3 is 0 Å². The molecule has 0 unspecified atom stereocenters. The summed E-state index contributed by atoms with van der Waals surface area (Å²) in [5.74, 6) is 0.0231. The number of aryl methyl sites for hydroxylation is 2. The summed E-state index contributed by atoms with van der Waals surface area (Å²) in [5, 5.41) is 0. The standard InChI is InChI=1S/C9H10NO/c1-6-4-7(2)10-5-9(6)8(3)11/h4H,1-3H3. The lowest BCUT2D eigenvalue weighted by atomic mass is 10.1. The van der Waals surface area contributed by atoms with Crippen molar-refractivity contribution in [2.45, 2.75) is 20.8 Å². The van der Waals surface area contributed by atoms with Gasteiger partial charge in [0.25, 0.3) is 0 Å². The van der Waals surface area contributed by atoms with Crippen molar-refractivity contribution >= 4 is 5.78 Å². The van der Waals surface area contributed by atoms with Crippen LogP contribution in [0.2, 0.25) is 0 Å². The van der Waals surface area contributed by atoms with Crippen LogP contribution in [-0.2, 0) is 0 Å². The van der Waals surface area contributed by atoms with Crippen molar-refractivity contribution in [3.63, 3.8) is 0 Å². The molecule has 2 heteroatoms. The first-order valence-electron chi connectivity index (χ1n) is 3.48. The number of carbonyl (C=O) groups excluding carboxylic acids is 1. The van der Waals surface area contributed by atoms with Crippen molar-refractivity contribution < 1.29 is 4.79 Å². The van der Waals surface area contributed by atoms with Gasteiger partial charge in [-0.2, -0.15) is 0 Å². The minimum Gasteiger partial charge on any atom is -0.294 e. The van der Waals surface area contributed by atoms with E-state index in [9.17, 15) is 4.79 Å².